The van der Waals surface area contributed by atoms with E-state index in [4.69, 9.17) is 9.47 Å². The molecular formula is C23H29N5O5S. The first-order valence-corrected chi connectivity index (χ1v) is 12.5. The standard InChI is InChI=1S/C23H29N5O5S/c1-4-28-19-8-6-5-7-18(19)25-22(28)16-24-23(29)26-11-13-27(14-12-26)34(30,31)17-9-10-20(32-2)21(15-17)33-3/h5-10,15H,4,11-14,16H2,1-3H3,(H,24,29). The van der Waals surface area contributed by atoms with Crippen LogP contribution in [-0.4, -0.2) is 73.6 Å². The van der Waals surface area contributed by atoms with Gasteiger partial charge >= 0.3 is 6.03 Å². The van der Waals surface area contributed by atoms with Gasteiger partial charge in [0.2, 0.25) is 10.0 Å². The highest BCUT2D eigenvalue weighted by molar-refractivity contribution is 7.89. The molecule has 1 fully saturated rings. The third-order valence-electron chi connectivity index (χ3n) is 5.97. The minimum absolute atomic E-state index is 0.126. The monoisotopic (exact) mass is 487 g/mol. The molecule has 10 nitrogen and oxygen atoms in total. The van der Waals surface area contributed by atoms with Gasteiger partial charge in [0.05, 0.1) is 36.7 Å². The first kappa shape index (κ1) is 23.8. The van der Waals surface area contributed by atoms with Crippen LogP contribution in [0.2, 0.25) is 0 Å². The molecule has 2 aromatic carbocycles. The summed E-state index contributed by atoms with van der Waals surface area (Å²) in [6.45, 7) is 4.08. The van der Waals surface area contributed by atoms with Crippen molar-refractivity contribution < 1.29 is 22.7 Å². The molecule has 34 heavy (non-hydrogen) atoms. The summed E-state index contributed by atoms with van der Waals surface area (Å²) in [6, 6.07) is 12.1. The van der Waals surface area contributed by atoms with Crippen LogP contribution in [0.3, 0.4) is 0 Å². The molecule has 0 radical (unpaired) electrons. The SMILES string of the molecule is CCn1c(CNC(=O)N2CCN(S(=O)(=O)c3ccc(OC)c(OC)c3)CC2)nc2ccccc21. The highest BCUT2D eigenvalue weighted by atomic mass is 32.2. The first-order valence-electron chi connectivity index (χ1n) is 11.1. The highest BCUT2D eigenvalue weighted by Crippen LogP contribution is 2.31. The van der Waals surface area contributed by atoms with Crippen molar-refractivity contribution in [3.05, 3.63) is 48.3 Å². The Labute approximate surface area is 199 Å². The molecule has 1 aromatic heterocycles. The molecule has 11 heteroatoms. The maximum atomic E-state index is 13.1. The topological polar surface area (TPSA) is 106 Å². The van der Waals surface area contributed by atoms with Gasteiger partial charge in [0.1, 0.15) is 5.82 Å². The van der Waals surface area contributed by atoms with E-state index in [-0.39, 0.29) is 24.0 Å². The molecule has 0 bridgehead atoms. The zero-order valence-corrected chi connectivity index (χ0v) is 20.3. The summed E-state index contributed by atoms with van der Waals surface area (Å²) in [5.41, 5.74) is 1.92. The summed E-state index contributed by atoms with van der Waals surface area (Å²) in [5, 5.41) is 2.92. The fourth-order valence-electron chi connectivity index (χ4n) is 4.14. The molecule has 0 saturated carbocycles. The number of urea groups is 1. The van der Waals surface area contributed by atoms with E-state index in [9.17, 15) is 13.2 Å². The summed E-state index contributed by atoms with van der Waals surface area (Å²) >= 11 is 0. The molecule has 0 spiro atoms. The molecule has 2 heterocycles. The van der Waals surface area contributed by atoms with E-state index in [2.05, 4.69) is 14.9 Å². The van der Waals surface area contributed by atoms with Crippen molar-refractivity contribution in [1.29, 1.82) is 0 Å². The number of carbonyl (C=O) groups excluding carboxylic acids is 1. The maximum absolute atomic E-state index is 13.1. The van der Waals surface area contributed by atoms with E-state index in [1.807, 2.05) is 31.2 Å². The Bertz CT molecular complexity index is 1280. The Kier molecular flexibility index (Phi) is 6.94. The smallest absolute Gasteiger partial charge is 0.317 e. The third kappa shape index (κ3) is 4.53. The van der Waals surface area contributed by atoms with Gasteiger partial charge in [0.15, 0.2) is 11.5 Å². The molecular weight excluding hydrogens is 458 g/mol. The van der Waals surface area contributed by atoms with Crippen LogP contribution < -0.4 is 14.8 Å². The van der Waals surface area contributed by atoms with Gasteiger partial charge in [-0.15, -0.1) is 0 Å². The fraction of sp³-hybridized carbons (Fsp3) is 0.391. The Morgan fingerprint density at radius 2 is 1.74 bits per heavy atom. The van der Waals surface area contributed by atoms with Gasteiger partial charge in [0.25, 0.3) is 0 Å². The number of rotatable bonds is 7. The van der Waals surface area contributed by atoms with Crippen LogP contribution in [-0.2, 0) is 23.1 Å². The lowest BCUT2D eigenvalue weighted by molar-refractivity contribution is 0.171. The number of hydrogen-bond donors (Lipinski definition) is 1. The van der Waals surface area contributed by atoms with Crippen LogP contribution in [0.1, 0.15) is 12.7 Å². The largest absolute Gasteiger partial charge is 0.493 e. The summed E-state index contributed by atoms with van der Waals surface area (Å²) in [7, 11) is -0.768. The molecule has 4 rings (SSSR count). The van der Waals surface area contributed by atoms with Gasteiger partial charge in [-0.2, -0.15) is 4.31 Å². The molecule has 3 aromatic rings. The van der Waals surface area contributed by atoms with Crippen molar-refractivity contribution >= 4 is 27.1 Å². The quantitative estimate of drug-likeness (QED) is 0.548. The minimum atomic E-state index is -3.72. The zero-order chi connectivity index (χ0) is 24.3. The molecule has 1 N–H and O–H groups in total. The lowest BCUT2D eigenvalue weighted by Crippen LogP contribution is -2.53. The molecule has 1 aliphatic heterocycles. The predicted molar refractivity (Wildman–Crippen MR) is 128 cm³/mol. The Balaban J connectivity index is 1.38. The van der Waals surface area contributed by atoms with Crippen molar-refractivity contribution in [3.8, 4) is 11.5 Å². The molecule has 0 unspecified atom stereocenters. The van der Waals surface area contributed by atoms with Gasteiger partial charge in [-0.1, -0.05) is 12.1 Å². The number of para-hydroxylation sites is 2. The van der Waals surface area contributed by atoms with Crippen molar-refractivity contribution in [2.75, 3.05) is 40.4 Å². The van der Waals surface area contributed by atoms with Gasteiger partial charge in [0, 0.05) is 38.8 Å². The number of imidazole rings is 1. The van der Waals surface area contributed by atoms with Crippen LogP contribution in [0.25, 0.3) is 11.0 Å². The van der Waals surface area contributed by atoms with Crippen LogP contribution in [0.5, 0.6) is 11.5 Å². The van der Waals surface area contributed by atoms with Gasteiger partial charge in [-0.3, -0.25) is 0 Å². The number of sulfonamides is 1. The van der Waals surface area contributed by atoms with E-state index in [1.165, 1.54) is 30.7 Å². The number of ether oxygens (including phenoxy) is 2. The zero-order valence-electron chi connectivity index (χ0n) is 19.5. The third-order valence-corrected chi connectivity index (χ3v) is 7.86. The van der Waals surface area contributed by atoms with E-state index < -0.39 is 10.0 Å². The predicted octanol–water partition coefficient (Wildman–Crippen LogP) is 2.29. The van der Waals surface area contributed by atoms with Gasteiger partial charge in [-0.05, 0) is 31.2 Å². The Morgan fingerprint density at radius 1 is 1.03 bits per heavy atom. The van der Waals surface area contributed by atoms with E-state index in [0.29, 0.717) is 31.1 Å². The number of aromatic nitrogens is 2. The number of nitrogens with one attached hydrogen (secondary N) is 1. The van der Waals surface area contributed by atoms with E-state index in [0.717, 1.165) is 23.4 Å². The van der Waals surface area contributed by atoms with Crippen LogP contribution >= 0.6 is 0 Å². The number of hydrogen-bond acceptors (Lipinski definition) is 6. The number of nitrogens with zero attached hydrogens (tertiary/aromatic N) is 4. The van der Waals surface area contributed by atoms with Crippen LogP contribution in [0, 0.1) is 0 Å². The molecule has 0 aliphatic carbocycles. The number of piperazine rings is 1. The Morgan fingerprint density at radius 3 is 2.41 bits per heavy atom. The molecule has 1 aliphatic rings. The summed E-state index contributed by atoms with van der Waals surface area (Å²) in [5.74, 6) is 1.59. The Hall–Kier alpha value is -3.31. The summed E-state index contributed by atoms with van der Waals surface area (Å²) in [6.07, 6.45) is 0. The van der Waals surface area contributed by atoms with Crippen molar-refractivity contribution in [3.63, 3.8) is 0 Å². The number of aryl methyl sites for hydroxylation is 1. The number of fused-ring (bicyclic) bond motifs is 1. The normalized spacial score (nSPS) is 14.9. The fourth-order valence-corrected chi connectivity index (χ4v) is 5.58. The molecule has 2 amide bonds. The molecule has 0 atom stereocenters. The second-order valence-electron chi connectivity index (χ2n) is 7.83. The summed E-state index contributed by atoms with van der Waals surface area (Å²) in [4.78, 5) is 19.1. The van der Waals surface area contributed by atoms with Crippen LogP contribution in [0.4, 0.5) is 4.79 Å². The van der Waals surface area contributed by atoms with Crippen LogP contribution in [0.15, 0.2) is 47.4 Å². The average Bonchev–Trinajstić information content (AvgIpc) is 3.24. The minimum Gasteiger partial charge on any atom is -0.493 e. The van der Waals surface area contributed by atoms with E-state index >= 15 is 0 Å². The summed E-state index contributed by atoms with van der Waals surface area (Å²) < 4.78 is 40.1. The van der Waals surface area contributed by atoms with Crippen molar-refractivity contribution in [1.82, 2.24) is 24.1 Å². The van der Waals surface area contributed by atoms with Gasteiger partial charge < -0.3 is 24.3 Å². The lowest BCUT2D eigenvalue weighted by atomic mass is 10.3. The van der Waals surface area contributed by atoms with Gasteiger partial charge in [-0.25, -0.2) is 18.2 Å². The first-order chi connectivity index (χ1) is 16.4. The average molecular weight is 488 g/mol. The maximum Gasteiger partial charge on any atom is 0.317 e. The number of benzene rings is 2. The van der Waals surface area contributed by atoms with E-state index in [1.54, 1.807) is 11.0 Å². The van der Waals surface area contributed by atoms with Crippen molar-refractivity contribution in [2.24, 2.45) is 0 Å². The molecule has 1 saturated heterocycles. The highest BCUT2D eigenvalue weighted by Gasteiger charge is 2.31. The molecule has 182 valence electrons. The second kappa shape index (κ2) is 9.90. The number of methoxy groups -OCH3 is 2. The van der Waals surface area contributed by atoms with Crippen molar-refractivity contribution in [2.45, 2.75) is 24.9 Å². The number of amides is 2. The lowest BCUT2D eigenvalue weighted by Gasteiger charge is -2.34. The number of carbonyl (C=O) groups is 1. The second-order valence-corrected chi connectivity index (χ2v) is 9.77.